The molecule has 1 aromatic carbocycles. The summed E-state index contributed by atoms with van der Waals surface area (Å²) in [4.78, 5) is 19.1. The van der Waals surface area contributed by atoms with E-state index >= 15 is 0 Å². The van der Waals surface area contributed by atoms with Crippen molar-refractivity contribution in [3.63, 3.8) is 0 Å². The van der Waals surface area contributed by atoms with Crippen LogP contribution in [0.1, 0.15) is 82.0 Å². The number of piperidine rings is 1. The van der Waals surface area contributed by atoms with Crippen LogP contribution >= 0.6 is 0 Å². The van der Waals surface area contributed by atoms with E-state index in [4.69, 9.17) is 0 Å². The molecule has 1 aromatic heterocycles. The number of benzene rings is 1. The predicted octanol–water partition coefficient (Wildman–Crippen LogP) is 5.62. The van der Waals surface area contributed by atoms with Crippen molar-refractivity contribution >= 4 is 16.8 Å². The van der Waals surface area contributed by atoms with Gasteiger partial charge in [-0.05, 0) is 101 Å². The third kappa shape index (κ3) is 5.29. The lowest BCUT2D eigenvalue weighted by Gasteiger charge is -2.45. The third-order valence-electron chi connectivity index (χ3n) is 9.33. The number of amides is 1. The number of nitrogens with one attached hydrogen (secondary N) is 2. The summed E-state index contributed by atoms with van der Waals surface area (Å²) < 4.78 is 40.3. The second kappa shape index (κ2) is 9.60. The molecule has 5 nitrogen and oxygen atoms in total. The molecule has 0 spiro atoms. The van der Waals surface area contributed by atoms with Crippen LogP contribution in [0.3, 0.4) is 0 Å². The number of H-pyrrole nitrogens is 1. The lowest BCUT2D eigenvalue weighted by atomic mass is 9.68. The van der Waals surface area contributed by atoms with Crippen molar-refractivity contribution in [3.05, 3.63) is 35.0 Å². The van der Waals surface area contributed by atoms with Crippen LogP contribution in [0.5, 0.6) is 0 Å². The van der Waals surface area contributed by atoms with Crippen molar-refractivity contribution in [1.29, 1.82) is 0 Å². The standard InChI is InChI=1S/C29H40F3N3O2/c1-18-22-16-35(13-11-28(9-4-5-10-28)26(36)33-17-27(2,3)37)12-8-19(22)14-24-25(18)21-15-20(29(30,31)32)6-7-23(21)34-24/h6-7,15,18-19,22,34,37H,4-5,8-14,16-17H2,1-3H3,(H,33,36)/t18-,19-,22-/m1/s1. The molecule has 8 heteroatoms. The smallest absolute Gasteiger partial charge is 0.389 e. The second-order valence-corrected chi connectivity index (χ2v) is 12.5. The van der Waals surface area contributed by atoms with Gasteiger partial charge in [0.15, 0.2) is 0 Å². The minimum absolute atomic E-state index is 0.0666. The number of carbonyl (C=O) groups excluding carboxylic acids is 1. The first kappa shape index (κ1) is 26.5. The molecular weight excluding hydrogens is 479 g/mol. The van der Waals surface area contributed by atoms with Gasteiger partial charge in [-0.25, -0.2) is 0 Å². The van der Waals surface area contributed by atoms with E-state index < -0.39 is 17.3 Å². The fraction of sp³-hybridized carbons (Fsp3) is 0.690. The van der Waals surface area contributed by atoms with E-state index in [1.165, 1.54) is 12.1 Å². The number of aliphatic hydroxyl groups is 1. The zero-order valence-corrected chi connectivity index (χ0v) is 22.2. The van der Waals surface area contributed by atoms with Crippen molar-refractivity contribution in [2.24, 2.45) is 17.3 Å². The average molecular weight is 520 g/mol. The average Bonchev–Trinajstić information content (AvgIpc) is 3.45. The fourth-order valence-electron chi connectivity index (χ4n) is 7.22. The molecule has 1 amide bonds. The Balaban J connectivity index is 1.29. The number of halogens is 3. The first-order chi connectivity index (χ1) is 17.4. The number of aromatic nitrogens is 1. The minimum atomic E-state index is -4.35. The number of aromatic amines is 1. The summed E-state index contributed by atoms with van der Waals surface area (Å²) in [6, 6.07) is 4.06. The van der Waals surface area contributed by atoms with E-state index in [0.717, 1.165) is 81.4 Å². The molecule has 1 aliphatic heterocycles. The van der Waals surface area contributed by atoms with Crippen LogP contribution in [-0.4, -0.2) is 52.7 Å². The van der Waals surface area contributed by atoms with Crippen molar-refractivity contribution in [1.82, 2.24) is 15.2 Å². The lowest BCUT2D eigenvalue weighted by molar-refractivity contribution is -0.137. The van der Waals surface area contributed by atoms with E-state index in [0.29, 0.717) is 17.2 Å². The fourth-order valence-corrected chi connectivity index (χ4v) is 7.22. The van der Waals surface area contributed by atoms with Crippen molar-refractivity contribution in [3.8, 4) is 0 Å². The number of fused-ring (bicyclic) bond motifs is 4. The van der Waals surface area contributed by atoms with Crippen molar-refractivity contribution in [2.75, 3.05) is 26.2 Å². The Kier molecular flexibility index (Phi) is 6.89. The number of nitrogens with zero attached hydrogens (tertiary/aromatic N) is 1. The molecule has 5 rings (SSSR count). The van der Waals surface area contributed by atoms with Crippen LogP contribution in [0, 0.1) is 17.3 Å². The molecule has 3 N–H and O–H groups in total. The largest absolute Gasteiger partial charge is 0.416 e. The Morgan fingerprint density at radius 3 is 2.65 bits per heavy atom. The van der Waals surface area contributed by atoms with Crippen LogP contribution in [-0.2, 0) is 17.4 Å². The van der Waals surface area contributed by atoms with Gasteiger partial charge in [0.2, 0.25) is 5.91 Å². The van der Waals surface area contributed by atoms with Crippen molar-refractivity contribution < 1.29 is 23.1 Å². The van der Waals surface area contributed by atoms with Gasteiger partial charge in [0.1, 0.15) is 0 Å². The topological polar surface area (TPSA) is 68.4 Å². The Morgan fingerprint density at radius 2 is 1.97 bits per heavy atom. The van der Waals surface area contributed by atoms with Gasteiger partial charge in [-0.15, -0.1) is 0 Å². The summed E-state index contributed by atoms with van der Waals surface area (Å²) in [5, 5.41) is 13.8. The van der Waals surface area contributed by atoms with Gasteiger partial charge in [0, 0.05) is 29.7 Å². The molecule has 0 radical (unpaired) electrons. The third-order valence-corrected chi connectivity index (χ3v) is 9.33. The highest BCUT2D eigenvalue weighted by Crippen LogP contribution is 2.47. The van der Waals surface area contributed by atoms with Gasteiger partial charge in [-0.2, -0.15) is 13.2 Å². The molecule has 2 aromatic rings. The van der Waals surface area contributed by atoms with Crippen molar-refractivity contribution in [2.45, 2.75) is 83.4 Å². The summed E-state index contributed by atoms with van der Waals surface area (Å²) >= 11 is 0. The van der Waals surface area contributed by atoms with Gasteiger partial charge in [0.05, 0.1) is 16.6 Å². The SMILES string of the molecule is C[C@H]1c2c([nH]c3ccc(C(F)(F)F)cc23)C[C@H]2CCN(CCC3(C(=O)NCC(C)(C)O)CCCC3)C[C@@H]21. The van der Waals surface area contributed by atoms with Crippen LogP contribution < -0.4 is 5.32 Å². The number of likely N-dealkylation sites (tertiary alicyclic amines) is 1. The molecule has 0 unspecified atom stereocenters. The molecule has 2 fully saturated rings. The minimum Gasteiger partial charge on any atom is -0.389 e. The van der Waals surface area contributed by atoms with Gasteiger partial charge in [-0.3, -0.25) is 4.79 Å². The van der Waals surface area contributed by atoms with Crippen LogP contribution in [0.15, 0.2) is 18.2 Å². The van der Waals surface area contributed by atoms with Crippen LogP contribution in [0.4, 0.5) is 13.2 Å². The molecule has 1 saturated carbocycles. The first-order valence-corrected chi connectivity index (χ1v) is 13.8. The molecule has 2 heterocycles. The summed E-state index contributed by atoms with van der Waals surface area (Å²) in [6.45, 7) is 8.59. The van der Waals surface area contributed by atoms with Gasteiger partial charge >= 0.3 is 6.18 Å². The molecular formula is C29H40F3N3O2. The summed E-state index contributed by atoms with van der Waals surface area (Å²) in [5.41, 5.74) is 1.06. The van der Waals surface area contributed by atoms with E-state index in [1.54, 1.807) is 19.9 Å². The normalized spacial score (nSPS) is 26.2. The van der Waals surface area contributed by atoms with E-state index in [-0.39, 0.29) is 23.8 Å². The van der Waals surface area contributed by atoms with Gasteiger partial charge in [-0.1, -0.05) is 19.8 Å². The summed E-state index contributed by atoms with van der Waals surface area (Å²) in [5.74, 6) is 1.14. The van der Waals surface area contributed by atoms with E-state index in [1.807, 2.05) is 0 Å². The van der Waals surface area contributed by atoms with E-state index in [9.17, 15) is 23.1 Å². The predicted molar refractivity (Wildman–Crippen MR) is 138 cm³/mol. The monoisotopic (exact) mass is 519 g/mol. The molecule has 3 atom stereocenters. The van der Waals surface area contributed by atoms with Gasteiger partial charge in [0.25, 0.3) is 0 Å². The maximum atomic E-state index is 13.4. The molecule has 1 saturated heterocycles. The number of alkyl halides is 3. The highest BCUT2D eigenvalue weighted by molar-refractivity contribution is 5.86. The Hall–Kier alpha value is -2.06. The summed E-state index contributed by atoms with van der Waals surface area (Å²) in [6.07, 6.45) is 2.30. The molecule has 204 valence electrons. The maximum absolute atomic E-state index is 13.4. The maximum Gasteiger partial charge on any atom is 0.416 e. The number of hydrogen-bond donors (Lipinski definition) is 3. The van der Waals surface area contributed by atoms with Gasteiger partial charge < -0.3 is 20.3 Å². The Labute approximate surface area is 217 Å². The Morgan fingerprint density at radius 1 is 1.24 bits per heavy atom. The zero-order chi connectivity index (χ0) is 26.6. The molecule has 0 bridgehead atoms. The van der Waals surface area contributed by atoms with E-state index in [2.05, 4.69) is 22.1 Å². The summed E-state index contributed by atoms with van der Waals surface area (Å²) in [7, 11) is 0. The number of hydrogen-bond acceptors (Lipinski definition) is 3. The first-order valence-electron chi connectivity index (χ1n) is 13.8. The molecule has 37 heavy (non-hydrogen) atoms. The number of carbonyl (C=O) groups is 1. The second-order valence-electron chi connectivity index (χ2n) is 12.5. The number of rotatable bonds is 6. The Bertz CT molecular complexity index is 1140. The van der Waals surface area contributed by atoms with Crippen LogP contribution in [0.25, 0.3) is 10.9 Å². The highest BCUT2D eigenvalue weighted by atomic mass is 19.4. The van der Waals surface area contributed by atoms with Crippen LogP contribution in [0.2, 0.25) is 0 Å². The zero-order valence-electron chi connectivity index (χ0n) is 22.2. The lowest BCUT2D eigenvalue weighted by Crippen LogP contribution is -2.48. The highest BCUT2D eigenvalue weighted by Gasteiger charge is 2.44. The molecule has 2 aliphatic carbocycles. The quantitative estimate of drug-likeness (QED) is 0.464. The molecule has 3 aliphatic rings.